The molecule has 6 heterocycles. The number of nitrogens with one attached hydrogen (secondary N) is 1. The fourth-order valence-corrected chi connectivity index (χ4v) is 6.96. The highest BCUT2D eigenvalue weighted by Gasteiger charge is 2.65. The van der Waals surface area contributed by atoms with Crippen LogP contribution in [0.15, 0.2) is 60.8 Å². The second-order valence-electron chi connectivity index (χ2n) is 12.3. The Morgan fingerprint density at radius 3 is 2.68 bits per heavy atom. The number of aromatic nitrogens is 4. The number of nitrogens with zero attached hydrogens (tertiary/aromatic N) is 5. The van der Waals surface area contributed by atoms with Gasteiger partial charge in [0, 0.05) is 30.3 Å². The number of amides is 1. The van der Waals surface area contributed by atoms with E-state index in [2.05, 4.69) is 71.6 Å². The molecule has 1 atom stereocenters. The predicted octanol–water partition coefficient (Wildman–Crippen LogP) is 4.33. The molecule has 1 aromatic carbocycles. The molecule has 4 fully saturated rings. The van der Waals surface area contributed by atoms with Gasteiger partial charge in [0.2, 0.25) is 5.91 Å². The summed E-state index contributed by atoms with van der Waals surface area (Å²) in [5.41, 5.74) is 3.50. The lowest BCUT2D eigenvalue weighted by atomic mass is 9.60. The van der Waals surface area contributed by atoms with E-state index in [1.54, 1.807) is 12.1 Å². The normalized spacial score (nSPS) is 26.7. The average Bonchev–Trinajstić information content (AvgIpc) is 3.71. The lowest BCUT2D eigenvalue weighted by Gasteiger charge is -2.42. The summed E-state index contributed by atoms with van der Waals surface area (Å²) in [5.74, 6) is -0.458. The second-order valence-corrected chi connectivity index (χ2v) is 12.3. The van der Waals surface area contributed by atoms with Crippen LogP contribution in [0.2, 0.25) is 0 Å². The molecule has 2 bridgehead atoms. The molecule has 4 aromatic rings. The number of hydrogen-bond acceptors (Lipinski definition) is 7. The van der Waals surface area contributed by atoms with Gasteiger partial charge in [-0.2, -0.15) is 0 Å². The van der Waals surface area contributed by atoms with Gasteiger partial charge in [-0.1, -0.05) is 43.3 Å². The average molecular weight is 553 g/mol. The van der Waals surface area contributed by atoms with Gasteiger partial charge in [0.15, 0.2) is 17.2 Å². The molecular formula is C31H32N6O4. The number of hydrogen-bond donors (Lipinski definition) is 2. The summed E-state index contributed by atoms with van der Waals surface area (Å²) in [5, 5.41) is 16.8. The fourth-order valence-electron chi connectivity index (χ4n) is 6.96. The predicted molar refractivity (Wildman–Crippen MR) is 152 cm³/mol. The number of anilines is 2. The Kier molecular flexibility index (Phi) is 5.69. The van der Waals surface area contributed by atoms with Crippen LogP contribution in [-0.2, 0) is 20.5 Å². The Morgan fingerprint density at radius 2 is 1.90 bits per heavy atom. The Labute approximate surface area is 237 Å². The van der Waals surface area contributed by atoms with Crippen molar-refractivity contribution >= 4 is 29.0 Å². The van der Waals surface area contributed by atoms with Gasteiger partial charge in [-0.25, -0.2) is 19.3 Å². The number of pyridine rings is 2. The number of fused-ring (bicyclic) bond motifs is 2. The van der Waals surface area contributed by atoms with E-state index in [1.807, 2.05) is 4.52 Å². The first-order valence-corrected chi connectivity index (χ1v) is 14.0. The zero-order valence-electron chi connectivity index (χ0n) is 23.1. The molecule has 10 heteroatoms. The zero-order valence-corrected chi connectivity index (χ0v) is 23.1. The quantitative estimate of drug-likeness (QED) is 0.347. The topological polar surface area (TPSA) is 122 Å². The van der Waals surface area contributed by atoms with Crippen molar-refractivity contribution in [3.8, 4) is 0 Å². The SMILES string of the molecule is Cc1cc(N2CC[C@](C)(c3ccccc3)C2)cn2nc(C34CC(CC(=O)Nc5cccc(C(=O)O)n5)(CO3)C4)nc12. The van der Waals surface area contributed by atoms with Crippen LogP contribution in [0.3, 0.4) is 0 Å². The molecule has 10 nitrogen and oxygen atoms in total. The van der Waals surface area contributed by atoms with Crippen LogP contribution in [0.5, 0.6) is 0 Å². The van der Waals surface area contributed by atoms with E-state index in [0.717, 1.165) is 36.4 Å². The number of carboxylic acids is 1. The maximum Gasteiger partial charge on any atom is 0.354 e. The van der Waals surface area contributed by atoms with E-state index < -0.39 is 11.6 Å². The molecule has 2 N–H and O–H groups in total. The molecule has 3 aromatic heterocycles. The summed E-state index contributed by atoms with van der Waals surface area (Å²) in [6.45, 7) is 6.78. The van der Waals surface area contributed by atoms with Gasteiger partial charge in [-0.05, 0) is 55.5 Å². The first kappa shape index (κ1) is 25.6. The molecule has 1 aliphatic carbocycles. The first-order chi connectivity index (χ1) is 19.7. The standard InChI is InChI=1S/C31H32N6O4/c1-20-13-22(36-12-11-29(2,18-36)21-7-4-3-5-8-21)15-37-26(20)34-28(35-37)31-16-30(17-31,19-41-31)14-25(38)33-24-10-6-9-23(32-24)27(39)40/h3-10,13,15H,11-12,14,16-19H2,1-2H3,(H,39,40)(H,32,33,38)/t29-,30?,31?/m0/s1. The number of carbonyl (C=O) groups excluding carboxylic acids is 1. The highest BCUT2D eigenvalue weighted by Crippen LogP contribution is 2.64. The molecule has 3 saturated heterocycles. The van der Waals surface area contributed by atoms with Crippen molar-refractivity contribution in [2.45, 2.75) is 50.5 Å². The summed E-state index contributed by atoms with van der Waals surface area (Å²) in [6.07, 6.45) is 4.75. The molecule has 8 rings (SSSR count). The van der Waals surface area contributed by atoms with Crippen molar-refractivity contribution in [1.29, 1.82) is 0 Å². The Morgan fingerprint density at radius 1 is 1.10 bits per heavy atom. The van der Waals surface area contributed by atoms with Gasteiger partial charge in [0.25, 0.3) is 0 Å². The van der Waals surface area contributed by atoms with E-state index in [9.17, 15) is 9.59 Å². The molecule has 0 unspecified atom stereocenters. The molecule has 1 amide bonds. The Balaban J connectivity index is 1.05. The van der Waals surface area contributed by atoms with Gasteiger partial charge in [-0.3, -0.25) is 4.79 Å². The smallest absolute Gasteiger partial charge is 0.354 e. The van der Waals surface area contributed by atoms with Crippen LogP contribution in [0.1, 0.15) is 60.0 Å². The minimum Gasteiger partial charge on any atom is -0.477 e. The van der Waals surface area contributed by atoms with E-state index in [-0.39, 0.29) is 34.7 Å². The van der Waals surface area contributed by atoms with Crippen molar-refractivity contribution in [1.82, 2.24) is 19.6 Å². The monoisotopic (exact) mass is 552 g/mol. The third-order valence-corrected chi connectivity index (χ3v) is 9.07. The minimum atomic E-state index is -1.14. The highest BCUT2D eigenvalue weighted by molar-refractivity contribution is 5.91. The van der Waals surface area contributed by atoms with Gasteiger partial charge in [0.1, 0.15) is 11.4 Å². The van der Waals surface area contributed by atoms with Crippen molar-refractivity contribution in [3.63, 3.8) is 0 Å². The Bertz CT molecular complexity index is 1680. The van der Waals surface area contributed by atoms with Crippen molar-refractivity contribution in [3.05, 3.63) is 83.4 Å². The Hall–Kier alpha value is -4.31. The molecule has 1 saturated carbocycles. The first-order valence-electron chi connectivity index (χ1n) is 14.0. The fraction of sp³-hybridized carbons (Fsp3) is 0.387. The van der Waals surface area contributed by atoms with Crippen LogP contribution < -0.4 is 10.2 Å². The largest absolute Gasteiger partial charge is 0.477 e. The lowest BCUT2D eigenvalue weighted by molar-refractivity contribution is -0.120. The van der Waals surface area contributed by atoms with Crippen molar-refractivity contribution in [2.75, 3.05) is 29.9 Å². The van der Waals surface area contributed by atoms with Crippen LogP contribution in [0.4, 0.5) is 11.5 Å². The van der Waals surface area contributed by atoms with Crippen molar-refractivity contribution in [2.24, 2.45) is 5.41 Å². The van der Waals surface area contributed by atoms with Crippen LogP contribution in [0.25, 0.3) is 5.65 Å². The third kappa shape index (κ3) is 4.33. The summed E-state index contributed by atoms with van der Waals surface area (Å²) in [6, 6.07) is 17.5. The zero-order chi connectivity index (χ0) is 28.4. The lowest BCUT2D eigenvalue weighted by Crippen LogP contribution is -2.44. The number of aromatic carboxylic acids is 1. The minimum absolute atomic E-state index is 0.102. The van der Waals surface area contributed by atoms with Gasteiger partial charge >= 0.3 is 5.97 Å². The van der Waals surface area contributed by atoms with Crippen LogP contribution in [-0.4, -0.2) is 56.3 Å². The van der Waals surface area contributed by atoms with E-state index in [4.69, 9.17) is 19.9 Å². The number of carbonyl (C=O) groups is 2. The molecule has 210 valence electrons. The number of ether oxygens (including phenoxy) is 1. The number of carboxylic acid groups (broad SMARTS) is 1. The second kappa shape index (κ2) is 9.10. The van der Waals surface area contributed by atoms with E-state index in [1.165, 1.54) is 11.6 Å². The highest BCUT2D eigenvalue weighted by atomic mass is 16.5. The molecule has 41 heavy (non-hydrogen) atoms. The number of aryl methyl sites for hydroxylation is 1. The summed E-state index contributed by atoms with van der Waals surface area (Å²) >= 11 is 0. The van der Waals surface area contributed by atoms with E-state index >= 15 is 0 Å². The number of benzene rings is 1. The number of rotatable bonds is 7. The summed E-state index contributed by atoms with van der Waals surface area (Å²) in [7, 11) is 0. The van der Waals surface area contributed by atoms with E-state index in [0.29, 0.717) is 25.3 Å². The van der Waals surface area contributed by atoms with Gasteiger partial charge in [-0.15, -0.1) is 5.10 Å². The molecule has 0 spiro atoms. The molecular weight excluding hydrogens is 520 g/mol. The van der Waals surface area contributed by atoms with Crippen LogP contribution >= 0.6 is 0 Å². The summed E-state index contributed by atoms with van der Waals surface area (Å²) in [4.78, 5) is 35.3. The van der Waals surface area contributed by atoms with Crippen molar-refractivity contribution < 1.29 is 19.4 Å². The molecule has 3 aliphatic heterocycles. The van der Waals surface area contributed by atoms with Crippen LogP contribution in [0, 0.1) is 12.3 Å². The third-order valence-electron chi connectivity index (χ3n) is 9.07. The molecule has 4 aliphatic rings. The maximum absolute atomic E-state index is 12.8. The maximum atomic E-state index is 12.8. The van der Waals surface area contributed by atoms with Gasteiger partial charge in [0.05, 0.1) is 18.5 Å². The van der Waals surface area contributed by atoms with Gasteiger partial charge < -0.3 is 20.1 Å². The summed E-state index contributed by atoms with van der Waals surface area (Å²) < 4.78 is 8.14. The molecule has 0 radical (unpaired) electrons.